The predicted octanol–water partition coefficient (Wildman–Crippen LogP) is 2.30. The number of nitrogens with two attached hydrogens (primary N) is 1. The maximum Gasteiger partial charge on any atom is 0.258 e. The second kappa shape index (κ2) is 9.69. The lowest BCUT2D eigenvalue weighted by Gasteiger charge is -2.31. The van der Waals surface area contributed by atoms with Crippen molar-refractivity contribution in [3.63, 3.8) is 0 Å². The van der Waals surface area contributed by atoms with E-state index < -0.39 is 0 Å². The van der Waals surface area contributed by atoms with E-state index in [-0.39, 0.29) is 29.9 Å². The van der Waals surface area contributed by atoms with E-state index in [4.69, 9.17) is 5.73 Å². The van der Waals surface area contributed by atoms with E-state index in [1.165, 1.54) is 6.42 Å². The number of H-pyrrole nitrogens is 1. The number of fused-ring (bicyclic) bond motifs is 1. The molecule has 1 fully saturated rings. The van der Waals surface area contributed by atoms with Gasteiger partial charge in [0, 0.05) is 18.9 Å². The number of aromatic amines is 1. The molecule has 0 radical (unpaired) electrons. The summed E-state index contributed by atoms with van der Waals surface area (Å²) in [5.74, 6) is 1.10. The van der Waals surface area contributed by atoms with Crippen LogP contribution < -0.4 is 16.6 Å². The quantitative estimate of drug-likeness (QED) is 0.717. The smallest absolute Gasteiger partial charge is 0.258 e. The van der Waals surface area contributed by atoms with Crippen LogP contribution in [0.25, 0.3) is 10.9 Å². The Kier molecular flexibility index (Phi) is 7.60. The van der Waals surface area contributed by atoms with Crippen molar-refractivity contribution in [2.24, 2.45) is 11.7 Å². The number of nitrogens with one attached hydrogen (secondary N) is 2. The standard InChI is InChI=1S/C19H26N4O2.ClH/c20-12-13-6-1-3-8-15(13)22-18(24)11-5-10-17-21-16-9-4-2-7-14(16)19(25)23-17;/h2,4,7,9,13,15H,1,3,5-6,8,10-12,20H2,(H,22,24)(H,21,23,25);1H. The molecule has 1 amide bonds. The highest BCUT2D eigenvalue weighted by atomic mass is 35.5. The van der Waals surface area contributed by atoms with Crippen molar-refractivity contribution in [2.45, 2.75) is 51.0 Å². The lowest BCUT2D eigenvalue weighted by Crippen LogP contribution is -2.44. The van der Waals surface area contributed by atoms with E-state index in [0.29, 0.717) is 48.5 Å². The average molecular weight is 379 g/mol. The Hall–Kier alpha value is -1.92. The van der Waals surface area contributed by atoms with Crippen LogP contribution in [0.3, 0.4) is 0 Å². The highest BCUT2D eigenvalue weighted by molar-refractivity contribution is 5.85. The van der Waals surface area contributed by atoms with Gasteiger partial charge in [0.15, 0.2) is 0 Å². The fourth-order valence-electron chi connectivity index (χ4n) is 3.63. The number of carbonyl (C=O) groups is 1. The molecule has 142 valence electrons. The third kappa shape index (κ3) is 5.05. The minimum Gasteiger partial charge on any atom is -0.353 e. The fourth-order valence-corrected chi connectivity index (χ4v) is 3.63. The molecule has 7 heteroatoms. The van der Waals surface area contributed by atoms with E-state index in [2.05, 4.69) is 15.3 Å². The van der Waals surface area contributed by atoms with Gasteiger partial charge in [-0.05, 0) is 43.9 Å². The average Bonchev–Trinajstić information content (AvgIpc) is 2.62. The van der Waals surface area contributed by atoms with Crippen molar-refractivity contribution in [3.05, 3.63) is 40.4 Å². The van der Waals surface area contributed by atoms with Gasteiger partial charge in [0.2, 0.25) is 5.91 Å². The molecule has 2 unspecified atom stereocenters. The Labute approximate surface area is 159 Å². The monoisotopic (exact) mass is 378 g/mol. The van der Waals surface area contributed by atoms with Gasteiger partial charge >= 0.3 is 0 Å². The summed E-state index contributed by atoms with van der Waals surface area (Å²) < 4.78 is 0. The maximum atomic E-state index is 12.2. The zero-order chi connectivity index (χ0) is 17.6. The van der Waals surface area contributed by atoms with Crippen molar-refractivity contribution in [3.8, 4) is 0 Å². The van der Waals surface area contributed by atoms with Crippen LogP contribution in [0, 0.1) is 5.92 Å². The van der Waals surface area contributed by atoms with Gasteiger partial charge in [-0.3, -0.25) is 9.59 Å². The summed E-state index contributed by atoms with van der Waals surface area (Å²) >= 11 is 0. The molecule has 2 atom stereocenters. The second-order valence-corrected chi connectivity index (χ2v) is 6.84. The molecule has 4 N–H and O–H groups in total. The molecular formula is C19H27ClN4O2. The van der Waals surface area contributed by atoms with Crippen LogP contribution in [-0.2, 0) is 11.2 Å². The van der Waals surface area contributed by atoms with E-state index in [0.717, 1.165) is 19.3 Å². The number of aromatic nitrogens is 2. The lowest BCUT2D eigenvalue weighted by atomic mass is 9.84. The second-order valence-electron chi connectivity index (χ2n) is 6.84. The van der Waals surface area contributed by atoms with Crippen molar-refractivity contribution >= 4 is 29.2 Å². The number of aryl methyl sites for hydroxylation is 1. The van der Waals surface area contributed by atoms with Crippen LogP contribution in [0.1, 0.15) is 44.3 Å². The van der Waals surface area contributed by atoms with E-state index in [9.17, 15) is 9.59 Å². The normalized spacial score (nSPS) is 19.7. The minimum atomic E-state index is -0.127. The number of para-hydroxylation sites is 1. The Morgan fingerprint density at radius 3 is 2.85 bits per heavy atom. The fraction of sp³-hybridized carbons (Fsp3) is 0.526. The number of nitrogens with zero attached hydrogens (tertiary/aromatic N) is 1. The molecule has 1 heterocycles. The van der Waals surface area contributed by atoms with Crippen molar-refractivity contribution in [1.82, 2.24) is 15.3 Å². The van der Waals surface area contributed by atoms with Gasteiger partial charge in [-0.15, -0.1) is 12.4 Å². The first-order valence-corrected chi connectivity index (χ1v) is 9.14. The molecule has 6 nitrogen and oxygen atoms in total. The largest absolute Gasteiger partial charge is 0.353 e. The van der Waals surface area contributed by atoms with Gasteiger partial charge in [0.1, 0.15) is 5.82 Å². The van der Waals surface area contributed by atoms with Crippen LogP contribution in [-0.4, -0.2) is 28.5 Å². The number of amides is 1. The third-order valence-electron chi connectivity index (χ3n) is 5.04. The summed E-state index contributed by atoms with van der Waals surface area (Å²) in [6.07, 6.45) is 6.16. The van der Waals surface area contributed by atoms with Gasteiger partial charge in [-0.2, -0.15) is 0 Å². The zero-order valence-corrected chi connectivity index (χ0v) is 15.7. The van der Waals surface area contributed by atoms with E-state index in [1.54, 1.807) is 6.07 Å². The summed E-state index contributed by atoms with van der Waals surface area (Å²) in [6, 6.07) is 7.49. The molecule has 0 aliphatic heterocycles. The number of carbonyl (C=O) groups excluding carboxylic acids is 1. The summed E-state index contributed by atoms with van der Waals surface area (Å²) in [6.45, 7) is 0.632. The van der Waals surface area contributed by atoms with Gasteiger partial charge in [-0.1, -0.05) is 25.0 Å². The predicted molar refractivity (Wildman–Crippen MR) is 105 cm³/mol. The number of halogens is 1. The summed E-state index contributed by atoms with van der Waals surface area (Å²) in [5.41, 5.74) is 6.38. The van der Waals surface area contributed by atoms with E-state index >= 15 is 0 Å². The molecule has 2 aromatic rings. The Balaban J connectivity index is 0.00000243. The van der Waals surface area contributed by atoms with E-state index in [1.807, 2.05) is 18.2 Å². The SMILES string of the molecule is Cl.NCC1CCCCC1NC(=O)CCCc1nc2ccccc2c(=O)[nH]1. The molecule has 0 bridgehead atoms. The van der Waals surface area contributed by atoms with Crippen molar-refractivity contribution in [2.75, 3.05) is 6.54 Å². The number of benzene rings is 1. The molecular weight excluding hydrogens is 352 g/mol. The number of hydrogen-bond acceptors (Lipinski definition) is 4. The molecule has 1 aromatic heterocycles. The van der Waals surface area contributed by atoms with Crippen LogP contribution in [0.4, 0.5) is 0 Å². The summed E-state index contributed by atoms with van der Waals surface area (Å²) in [4.78, 5) is 31.5. The summed E-state index contributed by atoms with van der Waals surface area (Å²) in [7, 11) is 0. The van der Waals surface area contributed by atoms with Crippen molar-refractivity contribution in [1.29, 1.82) is 0 Å². The Bertz CT molecular complexity index is 792. The first-order valence-electron chi connectivity index (χ1n) is 9.14. The minimum absolute atomic E-state index is 0. The van der Waals surface area contributed by atoms with Crippen LogP contribution >= 0.6 is 12.4 Å². The molecule has 1 aliphatic rings. The van der Waals surface area contributed by atoms with Gasteiger partial charge in [0.25, 0.3) is 5.56 Å². The lowest BCUT2D eigenvalue weighted by molar-refractivity contribution is -0.122. The Morgan fingerprint density at radius 2 is 2.04 bits per heavy atom. The third-order valence-corrected chi connectivity index (χ3v) is 5.04. The van der Waals surface area contributed by atoms with Gasteiger partial charge in [-0.25, -0.2) is 4.98 Å². The topological polar surface area (TPSA) is 101 Å². The van der Waals surface area contributed by atoms with Crippen LogP contribution in [0.5, 0.6) is 0 Å². The van der Waals surface area contributed by atoms with Gasteiger partial charge in [0.05, 0.1) is 10.9 Å². The molecule has 3 rings (SSSR count). The first kappa shape index (κ1) is 20.4. The molecule has 1 saturated carbocycles. The molecule has 0 spiro atoms. The van der Waals surface area contributed by atoms with Crippen LogP contribution in [0.2, 0.25) is 0 Å². The number of rotatable bonds is 6. The summed E-state index contributed by atoms with van der Waals surface area (Å²) in [5, 5.41) is 3.73. The van der Waals surface area contributed by atoms with Crippen LogP contribution in [0.15, 0.2) is 29.1 Å². The highest BCUT2D eigenvalue weighted by Gasteiger charge is 2.24. The maximum absolute atomic E-state index is 12.2. The Morgan fingerprint density at radius 1 is 1.27 bits per heavy atom. The van der Waals surface area contributed by atoms with Gasteiger partial charge < -0.3 is 16.0 Å². The molecule has 1 aromatic carbocycles. The number of hydrogen-bond donors (Lipinski definition) is 3. The highest BCUT2D eigenvalue weighted by Crippen LogP contribution is 2.23. The zero-order valence-electron chi connectivity index (χ0n) is 14.9. The first-order chi connectivity index (χ1) is 12.2. The molecule has 0 saturated heterocycles. The molecule has 26 heavy (non-hydrogen) atoms. The van der Waals surface area contributed by atoms with Crippen molar-refractivity contribution < 1.29 is 4.79 Å². The molecule has 1 aliphatic carbocycles.